The SMILES string of the molecule is CCNC(=O)c1cc(Br)cnc1NCC. The third-order valence-electron chi connectivity index (χ3n) is 1.78. The maximum Gasteiger partial charge on any atom is 0.255 e. The third-order valence-corrected chi connectivity index (χ3v) is 2.21. The number of pyridine rings is 1. The number of hydrogen-bond donors (Lipinski definition) is 2. The molecule has 2 N–H and O–H groups in total. The molecule has 1 heterocycles. The summed E-state index contributed by atoms with van der Waals surface area (Å²) in [5.41, 5.74) is 0.563. The number of amides is 1. The lowest BCUT2D eigenvalue weighted by atomic mass is 10.2. The Morgan fingerprint density at radius 3 is 2.80 bits per heavy atom. The van der Waals surface area contributed by atoms with Crippen LogP contribution in [0.25, 0.3) is 0 Å². The van der Waals surface area contributed by atoms with Gasteiger partial charge in [-0.15, -0.1) is 0 Å². The van der Waals surface area contributed by atoms with E-state index in [2.05, 4.69) is 31.5 Å². The van der Waals surface area contributed by atoms with Crippen LogP contribution in [0.2, 0.25) is 0 Å². The summed E-state index contributed by atoms with van der Waals surface area (Å²) in [6, 6.07) is 1.76. The van der Waals surface area contributed by atoms with E-state index in [-0.39, 0.29) is 5.91 Å². The minimum Gasteiger partial charge on any atom is -0.370 e. The van der Waals surface area contributed by atoms with Crippen molar-refractivity contribution in [1.82, 2.24) is 10.3 Å². The van der Waals surface area contributed by atoms with Crippen LogP contribution in [0.1, 0.15) is 24.2 Å². The van der Waals surface area contributed by atoms with Gasteiger partial charge >= 0.3 is 0 Å². The molecule has 1 aromatic rings. The Labute approximate surface area is 97.6 Å². The molecule has 1 aromatic heterocycles. The largest absolute Gasteiger partial charge is 0.370 e. The van der Waals surface area contributed by atoms with Gasteiger partial charge < -0.3 is 10.6 Å². The monoisotopic (exact) mass is 271 g/mol. The van der Waals surface area contributed by atoms with Crippen molar-refractivity contribution in [1.29, 1.82) is 0 Å². The number of rotatable bonds is 4. The predicted octanol–water partition coefficient (Wildman–Crippen LogP) is 2.03. The molecule has 0 spiro atoms. The smallest absolute Gasteiger partial charge is 0.255 e. The van der Waals surface area contributed by atoms with Crippen molar-refractivity contribution in [2.75, 3.05) is 18.4 Å². The number of hydrogen-bond acceptors (Lipinski definition) is 3. The van der Waals surface area contributed by atoms with E-state index in [4.69, 9.17) is 0 Å². The molecule has 0 atom stereocenters. The Balaban J connectivity index is 3.00. The number of anilines is 1. The molecule has 0 unspecified atom stereocenters. The van der Waals surface area contributed by atoms with E-state index in [1.165, 1.54) is 0 Å². The van der Waals surface area contributed by atoms with Gasteiger partial charge in [0.05, 0.1) is 5.56 Å². The fourth-order valence-electron chi connectivity index (χ4n) is 1.18. The van der Waals surface area contributed by atoms with Gasteiger partial charge in [0.1, 0.15) is 5.82 Å². The van der Waals surface area contributed by atoms with Crippen LogP contribution >= 0.6 is 15.9 Å². The van der Waals surface area contributed by atoms with Gasteiger partial charge in [-0.25, -0.2) is 4.98 Å². The highest BCUT2D eigenvalue weighted by Crippen LogP contribution is 2.17. The number of carbonyl (C=O) groups excluding carboxylic acids is 1. The molecule has 0 bridgehead atoms. The Morgan fingerprint density at radius 2 is 2.20 bits per heavy atom. The van der Waals surface area contributed by atoms with E-state index in [1.807, 2.05) is 13.8 Å². The van der Waals surface area contributed by atoms with Crippen molar-refractivity contribution < 1.29 is 4.79 Å². The van der Waals surface area contributed by atoms with Crippen LogP contribution in [0.5, 0.6) is 0 Å². The molecule has 82 valence electrons. The molecular formula is C10H14BrN3O. The van der Waals surface area contributed by atoms with E-state index in [9.17, 15) is 4.79 Å². The van der Waals surface area contributed by atoms with E-state index >= 15 is 0 Å². The molecule has 1 amide bonds. The first kappa shape index (κ1) is 12.0. The molecule has 0 saturated carbocycles. The standard InChI is InChI=1S/C10H14BrN3O/c1-3-12-9-8(10(15)13-4-2)5-7(11)6-14-9/h5-6H,3-4H2,1-2H3,(H,12,14)(H,13,15). The lowest BCUT2D eigenvalue weighted by Crippen LogP contribution is -2.24. The Morgan fingerprint density at radius 1 is 1.47 bits per heavy atom. The van der Waals surface area contributed by atoms with Gasteiger partial charge in [-0.05, 0) is 35.8 Å². The van der Waals surface area contributed by atoms with Crippen molar-refractivity contribution in [3.63, 3.8) is 0 Å². The molecule has 0 aliphatic carbocycles. The molecule has 1 rings (SSSR count). The van der Waals surface area contributed by atoms with Crippen molar-refractivity contribution in [3.05, 3.63) is 22.3 Å². The summed E-state index contributed by atoms with van der Waals surface area (Å²) in [6.07, 6.45) is 1.67. The quantitative estimate of drug-likeness (QED) is 0.881. The molecular weight excluding hydrogens is 258 g/mol. The van der Waals surface area contributed by atoms with Crippen molar-refractivity contribution >= 4 is 27.7 Å². The molecule has 0 saturated heterocycles. The van der Waals surface area contributed by atoms with Crippen molar-refractivity contribution in [3.8, 4) is 0 Å². The van der Waals surface area contributed by atoms with Gasteiger partial charge in [-0.3, -0.25) is 4.79 Å². The Kier molecular flexibility index (Phi) is 4.55. The van der Waals surface area contributed by atoms with E-state index in [1.54, 1.807) is 12.3 Å². The second-order valence-electron chi connectivity index (χ2n) is 2.94. The maximum atomic E-state index is 11.7. The highest BCUT2D eigenvalue weighted by atomic mass is 79.9. The number of halogens is 1. The molecule has 0 aromatic carbocycles. The summed E-state index contributed by atoms with van der Waals surface area (Å²) in [4.78, 5) is 15.8. The fraction of sp³-hybridized carbons (Fsp3) is 0.400. The van der Waals surface area contributed by atoms with Gasteiger partial charge in [-0.2, -0.15) is 0 Å². The van der Waals surface area contributed by atoms with Crippen LogP contribution in [0.3, 0.4) is 0 Å². The Bertz CT molecular complexity index is 355. The first-order chi connectivity index (χ1) is 7.19. The zero-order valence-electron chi connectivity index (χ0n) is 8.80. The van der Waals surface area contributed by atoms with Crippen LogP contribution in [-0.2, 0) is 0 Å². The second-order valence-corrected chi connectivity index (χ2v) is 3.86. The zero-order valence-corrected chi connectivity index (χ0v) is 10.4. The third kappa shape index (κ3) is 3.20. The van der Waals surface area contributed by atoms with E-state index in [0.717, 1.165) is 11.0 Å². The molecule has 0 aliphatic heterocycles. The lowest BCUT2D eigenvalue weighted by molar-refractivity contribution is 0.0956. The van der Waals surface area contributed by atoms with Crippen LogP contribution in [-0.4, -0.2) is 24.0 Å². The number of aromatic nitrogens is 1. The molecule has 5 heteroatoms. The first-order valence-corrected chi connectivity index (χ1v) is 5.66. The minimum atomic E-state index is -0.109. The molecule has 0 radical (unpaired) electrons. The topological polar surface area (TPSA) is 54.0 Å². The van der Waals surface area contributed by atoms with Crippen LogP contribution in [0.4, 0.5) is 5.82 Å². The van der Waals surface area contributed by atoms with E-state index in [0.29, 0.717) is 17.9 Å². The van der Waals surface area contributed by atoms with Crippen molar-refractivity contribution in [2.45, 2.75) is 13.8 Å². The molecule has 0 aliphatic rings. The van der Waals surface area contributed by atoms with E-state index < -0.39 is 0 Å². The summed E-state index contributed by atoms with van der Waals surface area (Å²) in [6.45, 7) is 5.19. The van der Waals surface area contributed by atoms with Gasteiger partial charge in [-0.1, -0.05) is 0 Å². The lowest BCUT2D eigenvalue weighted by Gasteiger charge is -2.09. The normalized spacial score (nSPS) is 9.80. The van der Waals surface area contributed by atoms with Crippen LogP contribution < -0.4 is 10.6 Å². The van der Waals surface area contributed by atoms with Crippen LogP contribution in [0.15, 0.2) is 16.7 Å². The fourth-order valence-corrected chi connectivity index (χ4v) is 1.51. The van der Waals surface area contributed by atoms with Gasteiger partial charge in [0.15, 0.2) is 0 Å². The predicted molar refractivity (Wildman–Crippen MR) is 64.1 cm³/mol. The number of nitrogens with zero attached hydrogens (tertiary/aromatic N) is 1. The van der Waals surface area contributed by atoms with Crippen molar-refractivity contribution in [2.24, 2.45) is 0 Å². The molecule has 4 nitrogen and oxygen atoms in total. The summed E-state index contributed by atoms with van der Waals surface area (Å²) in [5.74, 6) is 0.508. The Hall–Kier alpha value is -1.10. The van der Waals surface area contributed by atoms with Gasteiger partial charge in [0.2, 0.25) is 0 Å². The summed E-state index contributed by atoms with van der Waals surface area (Å²) in [7, 11) is 0. The molecule has 0 fully saturated rings. The summed E-state index contributed by atoms with van der Waals surface area (Å²) >= 11 is 3.30. The maximum absolute atomic E-state index is 11.7. The average Bonchev–Trinajstić information content (AvgIpc) is 2.21. The number of carbonyl (C=O) groups is 1. The minimum absolute atomic E-state index is 0.109. The molecule has 15 heavy (non-hydrogen) atoms. The number of nitrogens with one attached hydrogen (secondary N) is 2. The highest BCUT2D eigenvalue weighted by Gasteiger charge is 2.11. The highest BCUT2D eigenvalue weighted by molar-refractivity contribution is 9.10. The van der Waals surface area contributed by atoms with Crippen LogP contribution in [0, 0.1) is 0 Å². The summed E-state index contributed by atoms with van der Waals surface area (Å²) in [5, 5.41) is 5.80. The summed E-state index contributed by atoms with van der Waals surface area (Å²) < 4.78 is 0.797. The van der Waals surface area contributed by atoms with Gasteiger partial charge in [0.25, 0.3) is 5.91 Å². The second kappa shape index (κ2) is 5.70. The van der Waals surface area contributed by atoms with Gasteiger partial charge in [0, 0.05) is 23.8 Å². The zero-order chi connectivity index (χ0) is 11.3. The first-order valence-electron chi connectivity index (χ1n) is 4.86. The average molecular weight is 272 g/mol.